The quantitative estimate of drug-likeness (QED) is 0.834. The van der Waals surface area contributed by atoms with Crippen molar-refractivity contribution in [3.05, 3.63) is 29.3 Å². The zero-order valence-corrected chi connectivity index (χ0v) is 9.93. The van der Waals surface area contributed by atoms with Gasteiger partial charge in [0.1, 0.15) is 5.75 Å². The van der Waals surface area contributed by atoms with E-state index in [4.69, 9.17) is 4.74 Å². The summed E-state index contributed by atoms with van der Waals surface area (Å²) >= 11 is 0. The normalized spacial score (nSPS) is 27.4. The monoisotopic (exact) mass is 236 g/mol. The molecule has 1 aromatic carbocycles. The molecule has 92 valence electrons. The van der Waals surface area contributed by atoms with E-state index in [9.17, 15) is 15.0 Å². The van der Waals surface area contributed by atoms with E-state index in [1.165, 1.54) is 0 Å². The molecule has 2 N–H and O–H groups in total. The Labute approximate surface area is 99.8 Å². The van der Waals surface area contributed by atoms with Crippen molar-refractivity contribution in [2.75, 3.05) is 7.11 Å². The Morgan fingerprint density at radius 1 is 1.47 bits per heavy atom. The highest BCUT2D eigenvalue weighted by Gasteiger charge is 2.51. The minimum absolute atomic E-state index is 0.272. The second-order valence-electron chi connectivity index (χ2n) is 4.63. The van der Waals surface area contributed by atoms with Crippen LogP contribution in [0.3, 0.4) is 0 Å². The van der Waals surface area contributed by atoms with E-state index in [1.54, 1.807) is 19.2 Å². The van der Waals surface area contributed by atoms with Crippen molar-refractivity contribution >= 4 is 5.97 Å². The molecule has 4 heteroatoms. The van der Waals surface area contributed by atoms with Crippen molar-refractivity contribution in [3.63, 3.8) is 0 Å². The molecule has 0 bridgehead atoms. The van der Waals surface area contributed by atoms with Gasteiger partial charge in [-0.3, -0.25) is 4.79 Å². The van der Waals surface area contributed by atoms with Crippen LogP contribution in [0.5, 0.6) is 5.75 Å². The van der Waals surface area contributed by atoms with E-state index in [-0.39, 0.29) is 12.8 Å². The number of hydrogen-bond acceptors (Lipinski definition) is 3. The number of methoxy groups -OCH3 is 1. The predicted molar refractivity (Wildman–Crippen MR) is 62.3 cm³/mol. The smallest absolute Gasteiger partial charge is 0.314 e. The second kappa shape index (κ2) is 4.04. The Balaban J connectivity index is 2.41. The summed E-state index contributed by atoms with van der Waals surface area (Å²) in [6, 6.07) is 5.41. The average molecular weight is 236 g/mol. The van der Waals surface area contributed by atoms with Crippen LogP contribution in [0, 0.1) is 6.92 Å². The first-order chi connectivity index (χ1) is 7.99. The first kappa shape index (κ1) is 11.9. The molecule has 0 saturated heterocycles. The topological polar surface area (TPSA) is 66.8 Å². The molecule has 1 aliphatic carbocycles. The minimum Gasteiger partial charge on any atom is -0.496 e. The number of carboxylic acids is 1. The van der Waals surface area contributed by atoms with E-state index < -0.39 is 17.5 Å². The number of aryl methyl sites for hydroxylation is 1. The maximum absolute atomic E-state index is 11.4. The van der Waals surface area contributed by atoms with Gasteiger partial charge in [-0.05, 0) is 37.0 Å². The largest absolute Gasteiger partial charge is 0.496 e. The van der Waals surface area contributed by atoms with Gasteiger partial charge in [0.15, 0.2) is 0 Å². The van der Waals surface area contributed by atoms with Crippen LogP contribution < -0.4 is 4.74 Å². The van der Waals surface area contributed by atoms with Gasteiger partial charge < -0.3 is 14.9 Å². The van der Waals surface area contributed by atoms with Crippen LogP contribution in [-0.4, -0.2) is 29.4 Å². The summed E-state index contributed by atoms with van der Waals surface area (Å²) in [5.74, 6) is -0.196. The lowest BCUT2D eigenvalue weighted by molar-refractivity contribution is -0.152. The van der Waals surface area contributed by atoms with Crippen LogP contribution in [0.4, 0.5) is 0 Å². The number of hydrogen-bond donors (Lipinski definition) is 2. The first-order valence-electron chi connectivity index (χ1n) is 5.56. The summed E-state index contributed by atoms with van der Waals surface area (Å²) < 4.78 is 5.20. The summed E-state index contributed by atoms with van der Waals surface area (Å²) in [6.07, 6.45) is 0.0294. The van der Waals surface area contributed by atoms with E-state index in [1.807, 2.05) is 13.0 Å². The third kappa shape index (κ3) is 1.78. The van der Waals surface area contributed by atoms with Gasteiger partial charge in [0.25, 0.3) is 0 Å². The van der Waals surface area contributed by atoms with Crippen LogP contribution in [0.1, 0.15) is 24.0 Å². The SMILES string of the molecule is COc1cc(C2(C(=O)O)CC(O)C2)ccc1C. The van der Waals surface area contributed by atoms with Gasteiger partial charge in [-0.2, -0.15) is 0 Å². The van der Waals surface area contributed by atoms with Crippen molar-refractivity contribution in [2.45, 2.75) is 31.3 Å². The zero-order chi connectivity index (χ0) is 12.6. The van der Waals surface area contributed by atoms with Crippen LogP contribution in [0.25, 0.3) is 0 Å². The molecule has 17 heavy (non-hydrogen) atoms. The van der Waals surface area contributed by atoms with Crippen LogP contribution in [0.2, 0.25) is 0 Å². The Morgan fingerprint density at radius 3 is 2.59 bits per heavy atom. The molecule has 0 spiro atoms. The number of benzene rings is 1. The van der Waals surface area contributed by atoms with Gasteiger partial charge in [-0.15, -0.1) is 0 Å². The lowest BCUT2D eigenvalue weighted by Crippen LogP contribution is -2.50. The van der Waals surface area contributed by atoms with Crippen LogP contribution in [-0.2, 0) is 10.2 Å². The number of carboxylic acid groups (broad SMARTS) is 1. The van der Waals surface area contributed by atoms with Gasteiger partial charge in [0, 0.05) is 0 Å². The van der Waals surface area contributed by atoms with Crippen molar-refractivity contribution < 1.29 is 19.7 Å². The molecule has 0 atom stereocenters. The summed E-state index contributed by atoms with van der Waals surface area (Å²) in [5, 5.41) is 18.7. The lowest BCUT2D eigenvalue weighted by Gasteiger charge is -2.42. The number of aliphatic carboxylic acids is 1. The maximum Gasteiger partial charge on any atom is 0.314 e. The second-order valence-corrected chi connectivity index (χ2v) is 4.63. The van der Waals surface area contributed by atoms with E-state index in [2.05, 4.69) is 0 Å². The van der Waals surface area contributed by atoms with E-state index in [0.717, 1.165) is 5.56 Å². The molecule has 1 fully saturated rings. The molecule has 0 amide bonds. The minimum atomic E-state index is -0.944. The Bertz CT molecular complexity index is 447. The first-order valence-corrected chi connectivity index (χ1v) is 5.56. The number of ether oxygens (including phenoxy) is 1. The van der Waals surface area contributed by atoms with Crippen molar-refractivity contribution in [2.24, 2.45) is 0 Å². The Kier molecular flexibility index (Phi) is 2.83. The van der Waals surface area contributed by atoms with Crippen LogP contribution >= 0.6 is 0 Å². The molecule has 0 heterocycles. The molecule has 0 unspecified atom stereocenters. The molecule has 1 aliphatic rings. The van der Waals surface area contributed by atoms with Crippen molar-refractivity contribution in [3.8, 4) is 5.75 Å². The number of aliphatic hydroxyl groups is 1. The highest BCUT2D eigenvalue weighted by molar-refractivity contribution is 5.83. The lowest BCUT2D eigenvalue weighted by atomic mass is 9.62. The highest BCUT2D eigenvalue weighted by Crippen LogP contribution is 2.45. The van der Waals surface area contributed by atoms with E-state index >= 15 is 0 Å². The van der Waals surface area contributed by atoms with Crippen molar-refractivity contribution in [1.82, 2.24) is 0 Å². The predicted octanol–water partition coefficient (Wildman–Crippen LogP) is 1.48. The summed E-state index contributed by atoms with van der Waals surface area (Å²) in [5.41, 5.74) is 0.731. The molecular weight excluding hydrogens is 220 g/mol. The fourth-order valence-electron chi connectivity index (χ4n) is 2.40. The van der Waals surface area contributed by atoms with Crippen LogP contribution in [0.15, 0.2) is 18.2 Å². The summed E-state index contributed by atoms with van der Waals surface area (Å²) in [6.45, 7) is 1.91. The Hall–Kier alpha value is -1.55. The van der Waals surface area contributed by atoms with E-state index in [0.29, 0.717) is 11.3 Å². The third-order valence-corrected chi connectivity index (χ3v) is 3.54. The van der Waals surface area contributed by atoms with Gasteiger partial charge in [0.05, 0.1) is 18.6 Å². The number of aliphatic hydroxyl groups excluding tert-OH is 1. The van der Waals surface area contributed by atoms with Gasteiger partial charge in [-0.25, -0.2) is 0 Å². The standard InChI is InChI=1S/C13H16O4/c1-8-3-4-9(5-11(8)17-2)13(12(15)16)6-10(14)7-13/h3-5,10,14H,6-7H2,1-2H3,(H,15,16). The Morgan fingerprint density at radius 2 is 2.12 bits per heavy atom. The summed E-state index contributed by atoms with van der Waals surface area (Å²) in [4.78, 5) is 11.4. The van der Waals surface area contributed by atoms with Crippen molar-refractivity contribution in [1.29, 1.82) is 0 Å². The zero-order valence-electron chi connectivity index (χ0n) is 9.93. The number of carbonyl (C=O) groups is 1. The molecular formula is C13H16O4. The molecule has 1 aromatic rings. The van der Waals surface area contributed by atoms with Gasteiger partial charge in [-0.1, -0.05) is 12.1 Å². The molecule has 2 rings (SSSR count). The molecule has 1 saturated carbocycles. The maximum atomic E-state index is 11.4. The molecule has 0 aliphatic heterocycles. The molecule has 0 aromatic heterocycles. The average Bonchev–Trinajstić information content (AvgIpc) is 2.25. The summed E-state index contributed by atoms with van der Waals surface area (Å²) in [7, 11) is 1.56. The number of rotatable bonds is 3. The molecule has 0 radical (unpaired) electrons. The fourth-order valence-corrected chi connectivity index (χ4v) is 2.40. The molecule has 4 nitrogen and oxygen atoms in total. The van der Waals surface area contributed by atoms with Gasteiger partial charge in [0.2, 0.25) is 0 Å². The highest BCUT2D eigenvalue weighted by atomic mass is 16.5. The fraction of sp³-hybridized carbons (Fsp3) is 0.462. The van der Waals surface area contributed by atoms with Gasteiger partial charge >= 0.3 is 5.97 Å². The third-order valence-electron chi connectivity index (χ3n) is 3.54.